The largest absolute Gasteiger partial charge is 0.386 e. The number of anilines is 1. The number of aromatic amines is 1. The van der Waals surface area contributed by atoms with Crippen molar-refractivity contribution in [1.82, 2.24) is 9.97 Å². The second kappa shape index (κ2) is 2.56. The van der Waals surface area contributed by atoms with Gasteiger partial charge in [-0.2, -0.15) is 0 Å². The van der Waals surface area contributed by atoms with E-state index in [9.17, 15) is 9.90 Å². The molecule has 1 aromatic heterocycles. The lowest BCUT2D eigenvalue weighted by Crippen LogP contribution is -2.61. The summed E-state index contributed by atoms with van der Waals surface area (Å²) in [5, 5.41) is 9.45. The van der Waals surface area contributed by atoms with Crippen molar-refractivity contribution >= 4 is 5.82 Å². The monoisotopic (exact) mass is 181 g/mol. The number of β-amino-alcohol motifs (C(OH)–C–C–N with tert-alkyl or cyclic N) is 1. The Labute approximate surface area is 75.0 Å². The Bertz CT molecular complexity index is 364. The quantitative estimate of drug-likeness (QED) is 0.603. The second-order valence-corrected chi connectivity index (χ2v) is 3.59. The van der Waals surface area contributed by atoms with Crippen molar-refractivity contribution in [3.05, 3.63) is 22.7 Å². The van der Waals surface area contributed by atoms with Gasteiger partial charge in [-0.1, -0.05) is 0 Å². The highest BCUT2D eigenvalue weighted by Gasteiger charge is 2.38. The maximum Gasteiger partial charge on any atom is 0.290 e. The molecule has 1 aromatic rings. The summed E-state index contributed by atoms with van der Waals surface area (Å²) in [4.78, 5) is 19.4. The first-order valence-electron chi connectivity index (χ1n) is 4.09. The van der Waals surface area contributed by atoms with E-state index in [1.807, 2.05) is 0 Å². The molecule has 0 amide bonds. The summed E-state index contributed by atoms with van der Waals surface area (Å²) >= 11 is 0. The fourth-order valence-electron chi connectivity index (χ4n) is 1.50. The summed E-state index contributed by atoms with van der Waals surface area (Å²) in [6, 6.07) is 0. The fraction of sp³-hybridized carbons (Fsp3) is 0.500. The van der Waals surface area contributed by atoms with Crippen molar-refractivity contribution in [2.24, 2.45) is 0 Å². The van der Waals surface area contributed by atoms with Crippen LogP contribution >= 0.6 is 0 Å². The Hall–Kier alpha value is -1.36. The molecule has 0 bridgehead atoms. The molecule has 0 spiro atoms. The normalized spacial score (nSPS) is 19.7. The zero-order valence-corrected chi connectivity index (χ0v) is 7.32. The van der Waals surface area contributed by atoms with Gasteiger partial charge in [-0.3, -0.25) is 4.79 Å². The molecule has 5 nitrogen and oxygen atoms in total. The molecule has 0 atom stereocenters. The Morgan fingerprint density at radius 3 is 2.92 bits per heavy atom. The summed E-state index contributed by atoms with van der Waals surface area (Å²) in [6.45, 7) is 2.67. The van der Waals surface area contributed by atoms with E-state index in [0.29, 0.717) is 18.9 Å². The number of rotatable bonds is 1. The molecule has 0 radical (unpaired) electrons. The third-order valence-corrected chi connectivity index (χ3v) is 2.05. The minimum absolute atomic E-state index is 0.210. The van der Waals surface area contributed by atoms with Gasteiger partial charge in [-0.25, -0.2) is 4.98 Å². The van der Waals surface area contributed by atoms with Crippen molar-refractivity contribution in [3.8, 4) is 0 Å². The minimum Gasteiger partial charge on any atom is -0.386 e. The summed E-state index contributed by atoms with van der Waals surface area (Å²) in [6.07, 6.45) is 3.02. The number of hydrogen-bond donors (Lipinski definition) is 2. The lowest BCUT2D eigenvalue weighted by Gasteiger charge is -2.44. The molecule has 2 heterocycles. The van der Waals surface area contributed by atoms with Gasteiger partial charge in [-0.05, 0) is 6.92 Å². The standard InChI is InChI=1S/C8H11N3O2/c1-8(13)4-11(5-8)6-7(12)10-3-2-9-6/h2-3,13H,4-5H2,1H3,(H,10,12). The number of aromatic nitrogens is 2. The smallest absolute Gasteiger partial charge is 0.290 e. The molecular formula is C8H11N3O2. The second-order valence-electron chi connectivity index (χ2n) is 3.59. The molecule has 0 aromatic carbocycles. The van der Waals surface area contributed by atoms with E-state index < -0.39 is 5.60 Å². The van der Waals surface area contributed by atoms with Crippen molar-refractivity contribution in [2.75, 3.05) is 18.0 Å². The van der Waals surface area contributed by atoms with E-state index in [-0.39, 0.29) is 5.56 Å². The van der Waals surface area contributed by atoms with E-state index in [0.717, 1.165) is 0 Å². The van der Waals surface area contributed by atoms with Gasteiger partial charge < -0.3 is 15.0 Å². The molecule has 1 saturated heterocycles. The fourth-order valence-corrected chi connectivity index (χ4v) is 1.50. The van der Waals surface area contributed by atoms with E-state index in [4.69, 9.17) is 0 Å². The van der Waals surface area contributed by atoms with Gasteiger partial charge in [0.25, 0.3) is 5.56 Å². The minimum atomic E-state index is -0.677. The Morgan fingerprint density at radius 1 is 1.69 bits per heavy atom. The van der Waals surface area contributed by atoms with Gasteiger partial charge in [0.1, 0.15) is 0 Å². The van der Waals surface area contributed by atoms with Crippen molar-refractivity contribution in [2.45, 2.75) is 12.5 Å². The molecule has 0 saturated carbocycles. The SMILES string of the molecule is CC1(O)CN(c2ncc[nH]c2=O)C1. The summed E-state index contributed by atoms with van der Waals surface area (Å²) in [5.74, 6) is 0.383. The highest BCUT2D eigenvalue weighted by molar-refractivity contribution is 5.40. The van der Waals surface area contributed by atoms with Gasteiger partial charge in [0.05, 0.1) is 5.60 Å². The molecule has 0 aliphatic carbocycles. The molecule has 13 heavy (non-hydrogen) atoms. The average molecular weight is 181 g/mol. The van der Waals surface area contributed by atoms with Crippen LogP contribution in [0.4, 0.5) is 5.82 Å². The molecule has 1 fully saturated rings. The summed E-state index contributed by atoms with van der Waals surface area (Å²) in [7, 11) is 0. The lowest BCUT2D eigenvalue weighted by atomic mass is 9.97. The van der Waals surface area contributed by atoms with Crippen molar-refractivity contribution < 1.29 is 5.11 Å². The Kier molecular flexibility index (Phi) is 1.63. The zero-order chi connectivity index (χ0) is 9.47. The molecule has 5 heteroatoms. The predicted octanol–water partition coefficient (Wildman–Crippen LogP) is -0.659. The third kappa shape index (κ3) is 1.42. The first-order chi connectivity index (χ1) is 6.08. The first kappa shape index (κ1) is 8.25. The lowest BCUT2D eigenvalue weighted by molar-refractivity contribution is 0.0303. The Morgan fingerprint density at radius 2 is 2.38 bits per heavy atom. The molecule has 1 aliphatic heterocycles. The number of nitrogens with zero attached hydrogens (tertiary/aromatic N) is 2. The topological polar surface area (TPSA) is 69.2 Å². The molecule has 2 rings (SSSR count). The molecule has 2 N–H and O–H groups in total. The maximum atomic E-state index is 11.2. The molecular weight excluding hydrogens is 170 g/mol. The van der Waals surface area contributed by atoms with Crippen molar-refractivity contribution in [1.29, 1.82) is 0 Å². The highest BCUT2D eigenvalue weighted by Crippen LogP contribution is 2.22. The van der Waals surface area contributed by atoms with Gasteiger partial charge in [0, 0.05) is 25.5 Å². The van der Waals surface area contributed by atoms with Gasteiger partial charge in [0.15, 0.2) is 5.82 Å². The molecule has 1 aliphatic rings. The zero-order valence-electron chi connectivity index (χ0n) is 7.32. The highest BCUT2D eigenvalue weighted by atomic mass is 16.3. The first-order valence-corrected chi connectivity index (χ1v) is 4.09. The molecule has 70 valence electrons. The summed E-state index contributed by atoms with van der Waals surface area (Å²) in [5.41, 5.74) is -0.887. The number of nitrogens with one attached hydrogen (secondary N) is 1. The van der Waals surface area contributed by atoms with E-state index in [2.05, 4.69) is 9.97 Å². The van der Waals surface area contributed by atoms with Gasteiger partial charge in [-0.15, -0.1) is 0 Å². The molecule has 0 unspecified atom stereocenters. The van der Waals surface area contributed by atoms with Crippen LogP contribution in [0.15, 0.2) is 17.2 Å². The van der Waals surface area contributed by atoms with E-state index >= 15 is 0 Å². The van der Waals surface area contributed by atoms with Crippen LogP contribution in [0, 0.1) is 0 Å². The van der Waals surface area contributed by atoms with Gasteiger partial charge >= 0.3 is 0 Å². The number of hydrogen-bond acceptors (Lipinski definition) is 4. The predicted molar refractivity (Wildman–Crippen MR) is 47.7 cm³/mol. The van der Waals surface area contributed by atoms with Crippen LogP contribution in [0.25, 0.3) is 0 Å². The van der Waals surface area contributed by atoms with Crippen LogP contribution in [0.5, 0.6) is 0 Å². The van der Waals surface area contributed by atoms with Crippen LogP contribution in [0.3, 0.4) is 0 Å². The number of aliphatic hydroxyl groups is 1. The van der Waals surface area contributed by atoms with Crippen LogP contribution in [-0.4, -0.2) is 33.8 Å². The van der Waals surface area contributed by atoms with Crippen molar-refractivity contribution in [3.63, 3.8) is 0 Å². The van der Waals surface area contributed by atoms with Crippen LogP contribution in [0.1, 0.15) is 6.92 Å². The maximum absolute atomic E-state index is 11.2. The van der Waals surface area contributed by atoms with E-state index in [1.54, 1.807) is 11.8 Å². The van der Waals surface area contributed by atoms with Crippen LogP contribution < -0.4 is 10.5 Å². The number of H-pyrrole nitrogens is 1. The van der Waals surface area contributed by atoms with Gasteiger partial charge in [0.2, 0.25) is 0 Å². The van der Waals surface area contributed by atoms with E-state index in [1.165, 1.54) is 12.4 Å². The van der Waals surface area contributed by atoms with Crippen LogP contribution in [-0.2, 0) is 0 Å². The summed E-state index contributed by atoms with van der Waals surface area (Å²) < 4.78 is 0. The third-order valence-electron chi connectivity index (χ3n) is 2.05. The van der Waals surface area contributed by atoms with Crippen LogP contribution in [0.2, 0.25) is 0 Å². The average Bonchev–Trinajstić information content (AvgIpc) is 2.01. The Balaban J connectivity index is 2.21.